The highest BCUT2D eigenvalue weighted by atomic mass is 16.5. The van der Waals surface area contributed by atoms with Gasteiger partial charge in [0.2, 0.25) is 0 Å². The summed E-state index contributed by atoms with van der Waals surface area (Å²) in [6.07, 6.45) is 2.06. The van der Waals surface area contributed by atoms with Crippen molar-refractivity contribution in [3.8, 4) is 0 Å². The van der Waals surface area contributed by atoms with Crippen molar-refractivity contribution in [3.05, 3.63) is 0 Å². The molecule has 1 rings (SSSR count). The molecule has 1 fully saturated rings. The summed E-state index contributed by atoms with van der Waals surface area (Å²) < 4.78 is 5.53. The molecule has 4 heteroatoms. The molecule has 0 aromatic carbocycles. The number of nitrogens with zero attached hydrogens (tertiary/aromatic N) is 1. The summed E-state index contributed by atoms with van der Waals surface area (Å²) in [5, 5.41) is 13.0. The van der Waals surface area contributed by atoms with Gasteiger partial charge in [0.25, 0.3) is 0 Å². The summed E-state index contributed by atoms with van der Waals surface area (Å²) in [5.74, 6) is 0. The van der Waals surface area contributed by atoms with Crippen LogP contribution in [0.25, 0.3) is 0 Å². The second kappa shape index (κ2) is 6.85. The SMILES string of the molecule is CCCNC(C)(CO)CCN1CCOCC1(C)C. The largest absolute Gasteiger partial charge is 0.394 e. The number of ether oxygens (including phenoxy) is 1. The summed E-state index contributed by atoms with van der Waals surface area (Å²) in [5.41, 5.74) is -0.0518. The molecule has 0 amide bonds. The lowest BCUT2D eigenvalue weighted by atomic mass is 9.95. The molecule has 1 aliphatic rings. The Morgan fingerprint density at radius 2 is 2.17 bits per heavy atom. The van der Waals surface area contributed by atoms with Crippen LogP contribution in [0, 0.1) is 0 Å². The van der Waals surface area contributed by atoms with Crippen LogP contribution in [-0.2, 0) is 4.74 Å². The van der Waals surface area contributed by atoms with Crippen LogP contribution in [0.1, 0.15) is 40.5 Å². The lowest BCUT2D eigenvalue weighted by Crippen LogP contribution is -2.56. The normalized spacial score (nSPS) is 23.8. The molecular formula is C14H30N2O2. The summed E-state index contributed by atoms with van der Waals surface area (Å²) in [4.78, 5) is 2.47. The van der Waals surface area contributed by atoms with E-state index in [-0.39, 0.29) is 17.7 Å². The third-order valence-electron chi connectivity index (χ3n) is 3.90. The molecule has 1 saturated heterocycles. The van der Waals surface area contributed by atoms with Crippen LogP contribution >= 0.6 is 0 Å². The second-order valence-electron chi connectivity index (χ2n) is 6.25. The molecule has 4 nitrogen and oxygen atoms in total. The smallest absolute Gasteiger partial charge is 0.0645 e. The highest BCUT2D eigenvalue weighted by molar-refractivity contribution is 4.89. The zero-order valence-electron chi connectivity index (χ0n) is 12.5. The Morgan fingerprint density at radius 3 is 2.72 bits per heavy atom. The van der Waals surface area contributed by atoms with Crippen LogP contribution < -0.4 is 5.32 Å². The highest BCUT2D eigenvalue weighted by Crippen LogP contribution is 2.21. The predicted octanol–water partition coefficient (Wildman–Crippen LogP) is 1.24. The van der Waals surface area contributed by atoms with Gasteiger partial charge in [-0.1, -0.05) is 6.92 Å². The van der Waals surface area contributed by atoms with Gasteiger partial charge in [0.1, 0.15) is 0 Å². The number of hydrogen-bond donors (Lipinski definition) is 2. The minimum Gasteiger partial charge on any atom is -0.394 e. The van der Waals surface area contributed by atoms with Crippen LogP contribution in [0.2, 0.25) is 0 Å². The molecule has 0 radical (unpaired) electrons. The number of aliphatic hydroxyl groups excluding tert-OH is 1. The van der Waals surface area contributed by atoms with Gasteiger partial charge in [-0.15, -0.1) is 0 Å². The molecule has 2 N–H and O–H groups in total. The summed E-state index contributed by atoms with van der Waals surface area (Å²) in [6.45, 7) is 13.5. The maximum absolute atomic E-state index is 9.57. The van der Waals surface area contributed by atoms with Gasteiger partial charge in [0, 0.05) is 24.2 Å². The standard InChI is InChI=1S/C14H30N2O2/c1-5-7-15-14(4,11-17)6-8-16-9-10-18-12-13(16,2)3/h15,17H,5-12H2,1-4H3. The van der Waals surface area contributed by atoms with Crippen LogP contribution in [0.5, 0.6) is 0 Å². The first-order valence-electron chi connectivity index (χ1n) is 7.12. The van der Waals surface area contributed by atoms with E-state index in [4.69, 9.17) is 4.74 Å². The average molecular weight is 258 g/mol. The van der Waals surface area contributed by atoms with Gasteiger partial charge in [0.05, 0.1) is 19.8 Å². The summed E-state index contributed by atoms with van der Waals surface area (Å²) in [6, 6.07) is 0. The Morgan fingerprint density at radius 1 is 1.44 bits per heavy atom. The Bertz CT molecular complexity index is 246. The third-order valence-corrected chi connectivity index (χ3v) is 3.90. The van der Waals surface area contributed by atoms with Gasteiger partial charge in [-0.05, 0) is 40.2 Å². The lowest BCUT2D eigenvalue weighted by Gasteiger charge is -2.43. The van der Waals surface area contributed by atoms with Crippen molar-refractivity contribution in [3.63, 3.8) is 0 Å². The molecule has 0 bridgehead atoms. The molecular weight excluding hydrogens is 228 g/mol. The van der Waals surface area contributed by atoms with E-state index >= 15 is 0 Å². The maximum Gasteiger partial charge on any atom is 0.0645 e. The molecule has 1 unspecified atom stereocenters. The first-order chi connectivity index (χ1) is 8.43. The second-order valence-corrected chi connectivity index (χ2v) is 6.25. The fourth-order valence-corrected chi connectivity index (χ4v) is 2.34. The molecule has 0 aromatic heterocycles. The molecule has 18 heavy (non-hydrogen) atoms. The fraction of sp³-hybridized carbons (Fsp3) is 1.00. The van der Waals surface area contributed by atoms with Crippen molar-refractivity contribution < 1.29 is 9.84 Å². The van der Waals surface area contributed by atoms with Gasteiger partial charge >= 0.3 is 0 Å². The first-order valence-corrected chi connectivity index (χ1v) is 7.12. The van der Waals surface area contributed by atoms with E-state index in [0.29, 0.717) is 0 Å². The summed E-state index contributed by atoms with van der Waals surface area (Å²) in [7, 11) is 0. The molecule has 1 atom stereocenters. The Kier molecular flexibility index (Phi) is 6.05. The van der Waals surface area contributed by atoms with E-state index in [1.807, 2.05) is 0 Å². The number of morpholine rings is 1. The number of aliphatic hydroxyl groups is 1. The monoisotopic (exact) mass is 258 g/mol. The van der Waals surface area contributed by atoms with Crippen molar-refractivity contribution in [1.29, 1.82) is 0 Å². The number of rotatable bonds is 7. The van der Waals surface area contributed by atoms with Gasteiger partial charge in [-0.25, -0.2) is 0 Å². The fourth-order valence-electron chi connectivity index (χ4n) is 2.34. The number of nitrogens with one attached hydrogen (secondary N) is 1. The molecule has 1 heterocycles. The highest BCUT2D eigenvalue weighted by Gasteiger charge is 2.32. The van der Waals surface area contributed by atoms with Crippen molar-refractivity contribution in [1.82, 2.24) is 10.2 Å². The van der Waals surface area contributed by atoms with Crippen LogP contribution in [0.4, 0.5) is 0 Å². The van der Waals surface area contributed by atoms with Gasteiger partial charge < -0.3 is 15.2 Å². The molecule has 0 aliphatic carbocycles. The Hall–Kier alpha value is -0.160. The molecule has 0 saturated carbocycles. The van der Waals surface area contributed by atoms with Gasteiger partial charge in [-0.3, -0.25) is 4.90 Å². The van der Waals surface area contributed by atoms with Crippen molar-refractivity contribution >= 4 is 0 Å². The van der Waals surface area contributed by atoms with E-state index in [1.165, 1.54) is 0 Å². The van der Waals surface area contributed by atoms with Crippen molar-refractivity contribution in [2.45, 2.75) is 51.6 Å². The van der Waals surface area contributed by atoms with Gasteiger partial charge in [0.15, 0.2) is 0 Å². The van der Waals surface area contributed by atoms with E-state index in [9.17, 15) is 5.11 Å². The summed E-state index contributed by atoms with van der Waals surface area (Å²) >= 11 is 0. The zero-order chi connectivity index (χ0) is 13.6. The Labute approximate surface area is 112 Å². The van der Waals surface area contributed by atoms with E-state index < -0.39 is 0 Å². The zero-order valence-corrected chi connectivity index (χ0v) is 12.5. The van der Waals surface area contributed by atoms with E-state index in [1.54, 1.807) is 0 Å². The Balaban J connectivity index is 2.46. The molecule has 0 aromatic rings. The third kappa shape index (κ3) is 4.50. The quantitative estimate of drug-likeness (QED) is 0.721. The maximum atomic E-state index is 9.57. The first kappa shape index (κ1) is 15.9. The van der Waals surface area contributed by atoms with E-state index in [0.717, 1.165) is 45.7 Å². The molecule has 108 valence electrons. The van der Waals surface area contributed by atoms with Crippen molar-refractivity contribution in [2.24, 2.45) is 0 Å². The van der Waals surface area contributed by atoms with Crippen LogP contribution in [0.3, 0.4) is 0 Å². The predicted molar refractivity (Wildman–Crippen MR) is 74.9 cm³/mol. The van der Waals surface area contributed by atoms with Crippen LogP contribution in [-0.4, -0.2) is 60.5 Å². The van der Waals surface area contributed by atoms with Gasteiger partial charge in [-0.2, -0.15) is 0 Å². The number of hydrogen-bond acceptors (Lipinski definition) is 4. The molecule has 1 aliphatic heterocycles. The minimum atomic E-state index is -0.162. The van der Waals surface area contributed by atoms with Crippen molar-refractivity contribution in [2.75, 3.05) is 39.5 Å². The van der Waals surface area contributed by atoms with Crippen LogP contribution in [0.15, 0.2) is 0 Å². The molecule has 0 spiro atoms. The van der Waals surface area contributed by atoms with E-state index in [2.05, 4.69) is 37.9 Å². The topological polar surface area (TPSA) is 44.7 Å². The average Bonchev–Trinajstić information content (AvgIpc) is 2.34. The minimum absolute atomic E-state index is 0.110. The lowest BCUT2D eigenvalue weighted by molar-refractivity contribution is -0.0547.